The zero-order chi connectivity index (χ0) is 27.5. The molecular weight excluding hydrogens is 516 g/mol. The molecule has 0 unspecified atom stereocenters. The number of thiazole rings is 1. The van der Waals surface area contributed by atoms with Crippen LogP contribution < -0.4 is 20.2 Å². The molecular formula is C29H28N4O5S. The van der Waals surface area contributed by atoms with Crippen molar-refractivity contribution in [3.8, 4) is 22.8 Å². The van der Waals surface area contributed by atoms with Crippen LogP contribution in [0.5, 0.6) is 11.5 Å². The van der Waals surface area contributed by atoms with Gasteiger partial charge < -0.3 is 19.5 Å². The summed E-state index contributed by atoms with van der Waals surface area (Å²) in [5, 5.41) is 9.67. The number of carbonyl (C=O) groups is 2. The fraction of sp³-hybridized carbons (Fsp3) is 0.172. The third-order valence-electron chi connectivity index (χ3n) is 5.25. The monoisotopic (exact) mass is 544 g/mol. The van der Waals surface area contributed by atoms with E-state index in [0.717, 1.165) is 16.8 Å². The van der Waals surface area contributed by atoms with E-state index in [2.05, 4.69) is 20.8 Å². The van der Waals surface area contributed by atoms with Crippen LogP contribution in [0.15, 0.2) is 83.3 Å². The maximum atomic E-state index is 12.4. The average molecular weight is 545 g/mol. The molecule has 0 aliphatic heterocycles. The molecule has 0 aliphatic carbocycles. The number of amides is 1. The number of anilines is 2. The fourth-order valence-corrected chi connectivity index (χ4v) is 4.13. The number of rotatable bonds is 12. The second kappa shape index (κ2) is 13.7. The van der Waals surface area contributed by atoms with Crippen LogP contribution in [0.1, 0.15) is 29.8 Å². The molecule has 2 N–H and O–H groups in total. The van der Waals surface area contributed by atoms with Gasteiger partial charge in [-0.25, -0.2) is 9.78 Å². The van der Waals surface area contributed by atoms with Crippen LogP contribution in [0.4, 0.5) is 10.8 Å². The van der Waals surface area contributed by atoms with E-state index in [1.165, 1.54) is 11.3 Å². The van der Waals surface area contributed by atoms with Crippen molar-refractivity contribution in [2.45, 2.75) is 13.8 Å². The summed E-state index contributed by atoms with van der Waals surface area (Å²) < 4.78 is 16.4. The fourth-order valence-electron chi connectivity index (χ4n) is 3.47. The first-order valence-corrected chi connectivity index (χ1v) is 13.2. The summed E-state index contributed by atoms with van der Waals surface area (Å²) in [6.45, 7) is 4.11. The number of esters is 1. The number of ether oxygens (including phenoxy) is 3. The Morgan fingerprint density at radius 1 is 0.949 bits per heavy atom. The Bertz CT molecular complexity index is 1420. The molecule has 0 spiro atoms. The van der Waals surface area contributed by atoms with Gasteiger partial charge in [0.05, 0.1) is 30.7 Å². The van der Waals surface area contributed by atoms with E-state index in [-0.39, 0.29) is 12.5 Å². The first-order chi connectivity index (χ1) is 19.1. The number of hydrogen-bond donors (Lipinski definition) is 2. The van der Waals surface area contributed by atoms with Crippen LogP contribution in [0.25, 0.3) is 11.3 Å². The predicted molar refractivity (Wildman–Crippen MR) is 153 cm³/mol. The zero-order valence-corrected chi connectivity index (χ0v) is 22.4. The van der Waals surface area contributed by atoms with Crippen molar-refractivity contribution in [2.75, 3.05) is 30.6 Å². The molecule has 200 valence electrons. The van der Waals surface area contributed by atoms with Crippen LogP contribution in [-0.4, -0.2) is 42.9 Å². The number of carbonyl (C=O) groups excluding carboxylic acids is 2. The third-order valence-corrected chi connectivity index (χ3v) is 6.00. The van der Waals surface area contributed by atoms with Gasteiger partial charge >= 0.3 is 5.97 Å². The second-order valence-electron chi connectivity index (χ2n) is 8.05. The van der Waals surface area contributed by atoms with Gasteiger partial charge in [-0.2, -0.15) is 5.10 Å². The van der Waals surface area contributed by atoms with E-state index in [1.807, 2.05) is 48.7 Å². The van der Waals surface area contributed by atoms with E-state index < -0.39 is 5.97 Å². The zero-order valence-electron chi connectivity index (χ0n) is 21.5. The lowest BCUT2D eigenvalue weighted by atomic mass is 10.2. The number of hydrazone groups is 1. The summed E-state index contributed by atoms with van der Waals surface area (Å²) in [7, 11) is 0. The Labute approximate surface area is 230 Å². The van der Waals surface area contributed by atoms with Gasteiger partial charge in [0.25, 0.3) is 5.91 Å². The lowest BCUT2D eigenvalue weighted by molar-refractivity contribution is -0.118. The van der Waals surface area contributed by atoms with E-state index >= 15 is 0 Å². The van der Waals surface area contributed by atoms with Crippen molar-refractivity contribution in [2.24, 2.45) is 5.10 Å². The summed E-state index contributed by atoms with van der Waals surface area (Å²) in [5.41, 5.74) is 6.62. The Morgan fingerprint density at radius 3 is 2.49 bits per heavy atom. The van der Waals surface area contributed by atoms with E-state index in [0.29, 0.717) is 41.1 Å². The summed E-state index contributed by atoms with van der Waals surface area (Å²) in [5.74, 6) is 0.164. The van der Waals surface area contributed by atoms with Gasteiger partial charge in [0.2, 0.25) is 5.13 Å². The Hall–Kier alpha value is -4.70. The molecule has 3 aromatic carbocycles. The number of aromatic nitrogens is 1. The number of benzene rings is 3. The molecule has 1 heterocycles. The highest BCUT2D eigenvalue weighted by Crippen LogP contribution is 2.28. The molecule has 0 radical (unpaired) electrons. The highest BCUT2D eigenvalue weighted by atomic mass is 32.1. The van der Waals surface area contributed by atoms with Gasteiger partial charge in [0, 0.05) is 16.6 Å². The summed E-state index contributed by atoms with van der Waals surface area (Å²) in [6, 6.07) is 21.7. The van der Waals surface area contributed by atoms with Crippen molar-refractivity contribution in [3.63, 3.8) is 0 Å². The third kappa shape index (κ3) is 7.89. The highest BCUT2D eigenvalue weighted by molar-refractivity contribution is 7.14. The van der Waals surface area contributed by atoms with Crippen LogP contribution in [0.2, 0.25) is 0 Å². The Morgan fingerprint density at radius 2 is 1.74 bits per heavy atom. The quantitative estimate of drug-likeness (QED) is 0.131. The molecule has 4 rings (SSSR count). The largest absolute Gasteiger partial charge is 0.490 e. The summed E-state index contributed by atoms with van der Waals surface area (Å²) in [6.07, 6.45) is 1.66. The average Bonchev–Trinajstić information content (AvgIpc) is 3.43. The van der Waals surface area contributed by atoms with Gasteiger partial charge in [-0.3, -0.25) is 10.2 Å². The number of nitrogens with one attached hydrogen (secondary N) is 2. The first kappa shape index (κ1) is 27.3. The molecule has 39 heavy (non-hydrogen) atoms. The normalized spacial score (nSPS) is 10.7. The van der Waals surface area contributed by atoms with Gasteiger partial charge in [-0.1, -0.05) is 30.3 Å². The molecule has 0 aliphatic rings. The first-order valence-electron chi connectivity index (χ1n) is 12.3. The maximum absolute atomic E-state index is 12.4. The lowest BCUT2D eigenvalue weighted by Crippen LogP contribution is -2.20. The van der Waals surface area contributed by atoms with Gasteiger partial charge in [0.1, 0.15) is 0 Å². The van der Waals surface area contributed by atoms with Crippen LogP contribution in [0, 0.1) is 0 Å². The van der Waals surface area contributed by atoms with Crippen molar-refractivity contribution in [3.05, 3.63) is 89.3 Å². The topological polar surface area (TPSA) is 111 Å². The minimum absolute atomic E-state index is 0.220. The highest BCUT2D eigenvalue weighted by Gasteiger charge is 2.11. The van der Waals surface area contributed by atoms with E-state index in [9.17, 15) is 9.59 Å². The molecule has 0 saturated heterocycles. The van der Waals surface area contributed by atoms with E-state index in [1.54, 1.807) is 49.5 Å². The van der Waals surface area contributed by atoms with E-state index in [4.69, 9.17) is 14.2 Å². The molecule has 10 heteroatoms. The standard InChI is InChI=1S/C29H28N4O5S/c1-3-36-26-16-20(17-30-33-29-32-24(19-39-29)21-8-6-5-7-9-21)10-15-25(26)38-18-27(34)31-23-13-11-22(12-14-23)28(35)37-4-2/h5-17,19H,3-4,18H2,1-2H3,(H,31,34)(H,32,33). The van der Waals surface area contributed by atoms with Gasteiger partial charge in [-0.15, -0.1) is 11.3 Å². The van der Waals surface area contributed by atoms with Crippen molar-refractivity contribution in [1.82, 2.24) is 4.98 Å². The molecule has 0 fully saturated rings. The molecule has 1 amide bonds. The van der Waals surface area contributed by atoms with Crippen molar-refractivity contribution < 1.29 is 23.8 Å². The molecule has 0 bridgehead atoms. The minimum atomic E-state index is -0.410. The molecule has 0 saturated carbocycles. The van der Waals surface area contributed by atoms with Crippen LogP contribution >= 0.6 is 11.3 Å². The van der Waals surface area contributed by atoms with Gasteiger partial charge in [0.15, 0.2) is 18.1 Å². The number of nitrogens with zero attached hydrogens (tertiary/aromatic N) is 2. The summed E-state index contributed by atoms with van der Waals surface area (Å²) in [4.78, 5) is 28.7. The van der Waals surface area contributed by atoms with Crippen LogP contribution in [0.3, 0.4) is 0 Å². The lowest BCUT2D eigenvalue weighted by Gasteiger charge is -2.13. The van der Waals surface area contributed by atoms with Crippen molar-refractivity contribution in [1.29, 1.82) is 0 Å². The number of hydrogen-bond acceptors (Lipinski definition) is 9. The van der Waals surface area contributed by atoms with Crippen LogP contribution in [-0.2, 0) is 9.53 Å². The molecule has 1 aromatic heterocycles. The molecule has 9 nitrogen and oxygen atoms in total. The summed E-state index contributed by atoms with van der Waals surface area (Å²) >= 11 is 1.47. The molecule has 4 aromatic rings. The second-order valence-corrected chi connectivity index (χ2v) is 8.91. The SMILES string of the molecule is CCOC(=O)c1ccc(NC(=O)COc2ccc(C=NNc3nc(-c4ccccc4)cs3)cc2OCC)cc1. The molecule has 0 atom stereocenters. The maximum Gasteiger partial charge on any atom is 0.338 e. The van der Waals surface area contributed by atoms with Gasteiger partial charge in [-0.05, 0) is 61.9 Å². The Balaban J connectivity index is 1.32. The Kier molecular flexibility index (Phi) is 9.63. The van der Waals surface area contributed by atoms with Crippen molar-refractivity contribution >= 4 is 40.2 Å². The minimum Gasteiger partial charge on any atom is -0.490 e. The predicted octanol–water partition coefficient (Wildman–Crippen LogP) is 5.85. The smallest absolute Gasteiger partial charge is 0.338 e.